The minimum Gasteiger partial charge on any atom is -0.478 e. The Kier molecular flexibility index (Phi) is 2.09. The van der Waals surface area contributed by atoms with Gasteiger partial charge in [0, 0.05) is 6.20 Å². The Morgan fingerprint density at radius 1 is 1.64 bits per heavy atom. The molecule has 0 atom stereocenters. The molecule has 1 heterocycles. The topological polar surface area (TPSA) is 76.2 Å². The highest BCUT2D eigenvalue weighted by atomic mass is 79.9. The van der Waals surface area contributed by atoms with Gasteiger partial charge in [-0.2, -0.15) is 0 Å². The highest BCUT2D eigenvalue weighted by Gasteiger charge is 2.11. The summed E-state index contributed by atoms with van der Waals surface area (Å²) in [6.45, 7) is 0. The summed E-state index contributed by atoms with van der Waals surface area (Å²) in [7, 11) is 0. The molecule has 0 bridgehead atoms. The number of nitrogens with zero attached hydrogens (tertiary/aromatic N) is 1. The number of pyridine rings is 1. The first kappa shape index (κ1) is 8.00. The number of rotatable bonds is 1. The van der Waals surface area contributed by atoms with Crippen LogP contribution in [0, 0.1) is 0 Å². The van der Waals surface area contributed by atoms with Gasteiger partial charge in [0.1, 0.15) is 0 Å². The normalized spacial score (nSPS) is 9.55. The lowest BCUT2D eigenvalue weighted by Gasteiger charge is -2.00. The molecule has 0 saturated heterocycles. The number of carbonyl (C=O) groups is 1. The standard InChI is InChI=1S/C6H5BrN2O2/c7-3-1-9-2-4(8)5(3)6(10)11/h1-2H,8H2,(H,10,11). The molecule has 3 N–H and O–H groups in total. The number of halogens is 1. The van der Waals surface area contributed by atoms with Gasteiger partial charge in [0.2, 0.25) is 0 Å². The van der Waals surface area contributed by atoms with E-state index in [9.17, 15) is 4.79 Å². The number of carboxylic acids is 1. The van der Waals surface area contributed by atoms with Crippen molar-refractivity contribution in [2.45, 2.75) is 0 Å². The summed E-state index contributed by atoms with van der Waals surface area (Å²) < 4.78 is 0.394. The second-order valence-electron chi connectivity index (χ2n) is 1.89. The van der Waals surface area contributed by atoms with Crippen LogP contribution >= 0.6 is 15.9 Å². The van der Waals surface area contributed by atoms with Gasteiger partial charge in [0.05, 0.1) is 21.9 Å². The van der Waals surface area contributed by atoms with E-state index in [1.807, 2.05) is 0 Å². The Morgan fingerprint density at radius 2 is 2.27 bits per heavy atom. The Bertz CT molecular complexity index is 280. The van der Waals surface area contributed by atoms with Crippen LogP contribution in [0.3, 0.4) is 0 Å². The minimum absolute atomic E-state index is 0.0556. The third-order valence-electron chi connectivity index (χ3n) is 1.14. The third kappa shape index (κ3) is 1.48. The molecule has 5 heteroatoms. The molecule has 0 radical (unpaired) electrons. The van der Waals surface area contributed by atoms with Crippen molar-refractivity contribution >= 4 is 27.6 Å². The van der Waals surface area contributed by atoms with E-state index < -0.39 is 5.97 Å². The monoisotopic (exact) mass is 216 g/mol. The van der Waals surface area contributed by atoms with Crippen molar-refractivity contribution in [2.75, 3.05) is 5.73 Å². The zero-order valence-electron chi connectivity index (χ0n) is 5.41. The van der Waals surface area contributed by atoms with Gasteiger partial charge in [-0.3, -0.25) is 4.98 Å². The number of aromatic carboxylic acids is 1. The smallest absolute Gasteiger partial charge is 0.339 e. The first-order valence-electron chi connectivity index (χ1n) is 2.75. The largest absolute Gasteiger partial charge is 0.478 e. The van der Waals surface area contributed by atoms with Crippen molar-refractivity contribution in [2.24, 2.45) is 0 Å². The first-order valence-corrected chi connectivity index (χ1v) is 3.54. The fraction of sp³-hybridized carbons (Fsp3) is 0. The quantitative estimate of drug-likeness (QED) is 0.738. The van der Waals surface area contributed by atoms with Gasteiger partial charge < -0.3 is 10.8 Å². The average molecular weight is 217 g/mol. The lowest BCUT2D eigenvalue weighted by Crippen LogP contribution is -2.03. The number of aromatic nitrogens is 1. The maximum Gasteiger partial charge on any atom is 0.339 e. The highest BCUT2D eigenvalue weighted by molar-refractivity contribution is 9.10. The molecule has 1 rings (SSSR count). The molecular formula is C6H5BrN2O2. The number of nitrogen functional groups attached to an aromatic ring is 1. The fourth-order valence-corrected chi connectivity index (χ4v) is 1.19. The Hall–Kier alpha value is -1.10. The predicted octanol–water partition coefficient (Wildman–Crippen LogP) is 1.12. The van der Waals surface area contributed by atoms with Crippen LogP contribution in [0.1, 0.15) is 10.4 Å². The molecule has 0 fully saturated rings. The highest BCUT2D eigenvalue weighted by Crippen LogP contribution is 2.20. The molecule has 1 aromatic rings. The molecule has 0 amide bonds. The maximum atomic E-state index is 10.5. The Balaban J connectivity index is 3.32. The van der Waals surface area contributed by atoms with Gasteiger partial charge in [0.15, 0.2) is 0 Å². The zero-order chi connectivity index (χ0) is 8.43. The van der Waals surface area contributed by atoms with Crippen LogP contribution in [0.2, 0.25) is 0 Å². The van der Waals surface area contributed by atoms with E-state index in [0.717, 1.165) is 0 Å². The summed E-state index contributed by atoms with van der Waals surface area (Å²) >= 11 is 3.02. The second-order valence-corrected chi connectivity index (χ2v) is 2.75. The molecule has 0 unspecified atom stereocenters. The van der Waals surface area contributed by atoms with Crippen LogP contribution in [0.15, 0.2) is 16.9 Å². The summed E-state index contributed by atoms with van der Waals surface area (Å²) in [5.74, 6) is -1.06. The van der Waals surface area contributed by atoms with Crippen LogP contribution in [0.4, 0.5) is 5.69 Å². The molecule has 0 spiro atoms. The molecule has 0 aliphatic heterocycles. The van der Waals surface area contributed by atoms with Crippen molar-refractivity contribution in [3.8, 4) is 0 Å². The van der Waals surface area contributed by atoms with Gasteiger partial charge in [0.25, 0.3) is 0 Å². The summed E-state index contributed by atoms with van der Waals surface area (Å²) in [6, 6.07) is 0. The molecule has 58 valence electrons. The SMILES string of the molecule is Nc1cncc(Br)c1C(=O)O. The van der Waals surface area contributed by atoms with E-state index in [1.165, 1.54) is 12.4 Å². The fourth-order valence-electron chi connectivity index (χ4n) is 0.676. The summed E-state index contributed by atoms with van der Waals surface area (Å²) in [4.78, 5) is 14.2. The van der Waals surface area contributed by atoms with Crippen molar-refractivity contribution in [3.63, 3.8) is 0 Å². The lowest BCUT2D eigenvalue weighted by molar-refractivity contribution is 0.0697. The number of hydrogen-bond donors (Lipinski definition) is 2. The van der Waals surface area contributed by atoms with Gasteiger partial charge in [-0.05, 0) is 15.9 Å². The van der Waals surface area contributed by atoms with E-state index in [4.69, 9.17) is 10.8 Å². The van der Waals surface area contributed by atoms with Crippen molar-refractivity contribution in [1.82, 2.24) is 4.98 Å². The van der Waals surface area contributed by atoms with Gasteiger partial charge in [-0.1, -0.05) is 0 Å². The van der Waals surface area contributed by atoms with E-state index in [0.29, 0.717) is 4.47 Å². The van der Waals surface area contributed by atoms with Crippen LogP contribution in [-0.4, -0.2) is 16.1 Å². The third-order valence-corrected chi connectivity index (χ3v) is 1.74. The molecule has 1 aromatic heterocycles. The summed E-state index contributed by atoms with van der Waals surface area (Å²) in [5.41, 5.74) is 5.56. The van der Waals surface area contributed by atoms with Gasteiger partial charge in [-0.25, -0.2) is 4.79 Å². The number of anilines is 1. The Labute approximate surface area is 71.2 Å². The van der Waals surface area contributed by atoms with Crippen LogP contribution in [-0.2, 0) is 0 Å². The molecule has 0 aliphatic rings. The summed E-state index contributed by atoms with van der Waals surface area (Å²) in [5, 5.41) is 8.61. The van der Waals surface area contributed by atoms with Crippen molar-refractivity contribution in [3.05, 3.63) is 22.4 Å². The molecule has 11 heavy (non-hydrogen) atoms. The number of hydrogen-bond acceptors (Lipinski definition) is 3. The van der Waals surface area contributed by atoms with Gasteiger partial charge in [-0.15, -0.1) is 0 Å². The van der Waals surface area contributed by atoms with E-state index in [1.54, 1.807) is 0 Å². The van der Waals surface area contributed by atoms with E-state index in [2.05, 4.69) is 20.9 Å². The van der Waals surface area contributed by atoms with Crippen molar-refractivity contribution in [1.29, 1.82) is 0 Å². The number of carboxylic acid groups (broad SMARTS) is 1. The molecule has 0 aromatic carbocycles. The Morgan fingerprint density at radius 3 is 2.64 bits per heavy atom. The first-order chi connectivity index (χ1) is 5.13. The van der Waals surface area contributed by atoms with Gasteiger partial charge >= 0.3 is 5.97 Å². The number of nitrogens with two attached hydrogens (primary N) is 1. The minimum atomic E-state index is -1.06. The van der Waals surface area contributed by atoms with Crippen molar-refractivity contribution < 1.29 is 9.90 Å². The van der Waals surface area contributed by atoms with Crippen LogP contribution < -0.4 is 5.73 Å². The second kappa shape index (κ2) is 2.87. The average Bonchev–Trinajstić information content (AvgIpc) is 1.85. The summed E-state index contributed by atoms with van der Waals surface area (Å²) in [6.07, 6.45) is 2.69. The predicted molar refractivity (Wildman–Crippen MR) is 43.3 cm³/mol. The van der Waals surface area contributed by atoms with Crippen LogP contribution in [0.5, 0.6) is 0 Å². The van der Waals surface area contributed by atoms with Crippen LogP contribution in [0.25, 0.3) is 0 Å². The molecular weight excluding hydrogens is 212 g/mol. The molecule has 4 nitrogen and oxygen atoms in total. The maximum absolute atomic E-state index is 10.5. The molecule has 0 saturated carbocycles. The lowest BCUT2D eigenvalue weighted by atomic mass is 10.2. The van der Waals surface area contributed by atoms with E-state index in [-0.39, 0.29) is 11.3 Å². The zero-order valence-corrected chi connectivity index (χ0v) is 7.00. The molecule has 0 aliphatic carbocycles. The van der Waals surface area contributed by atoms with E-state index >= 15 is 0 Å².